The van der Waals surface area contributed by atoms with E-state index in [4.69, 9.17) is 11.5 Å². The normalized spacial score (nSPS) is 29.4. The number of anilines is 2. The highest BCUT2D eigenvalue weighted by Gasteiger charge is 2.39. The van der Waals surface area contributed by atoms with Gasteiger partial charge in [0, 0.05) is 11.6 Å². The van der Waals surface area contributed by atoms with E-state index in [9.17, 15) is 4.79 Å². The predicted molar refractivity (Wildman–Crippen MR) is 72.2 cm³/mol. The fourth-order valence-electron chi connectivity index (χ4n) is 3.47. The third kappa shape index (κ3) is 1.92. The Morgan fingerprint density at radius 1 is 1.28 bits per heavy atom. The van der Waals surface area contributed by atoms with Gasteiger partial charge in [0.2, 0.25) is 5.91 Å². The zero-order valence-corrected chi connectivity index (χ0v) is 10.4. The molecule has 3 unspecified atom stereocenters. The summed E-state index contributed by atoms with van der Waals surface area (Å²) in [5.74, 6) is 1.26. The van der Waals surface area contributed by atoms with Crippen LogP contribution in [0.5, 0.6) is 0 Å². The lowest BCUT2D eigenvalue weighted by atomic mass is 9.95. The summed E-state index contributed by atoms with van der Waals surface area (Å²) in [5, 5.41) is 3.53. The summed E-state index contributed by atoms with van der Waals surface area (Å²) in [5.41, 5.74) is 13.2. The predicted octanol–water partition coefficient (Wildman–Crippen LogP) is 1.97. The number of fused-ring (bicyclic) bond motifs is 2. The molecule has 4 nitrogen and oxygen atoms in total. The number of carbonyl (C=O) groups is 1. The van der Waals surface area contributed by atoms with Crippen LogP contribution in [0, 0.1) is 11.8 Å². The van der Waals surface area contributed by atoms with E-state index in [1.807, 2.05) is 6.07 Å². The molecule has 0 saturated heterocycles. The molecule has 0 radical (unpaired) electrons. The Bertz CT molecular complexity index is 486. The van der Waals surface area contributed by atoms with Crippen LogP contribution in [0.2, 0.25) is 0 Å². The van der Waals surface area contributed by atoms with E-state index >= 15 is 0 Å². The minimum atomic E-state index is -0.437. The monoisotopic (exact) mass is 245 g/mol. The first-order valence-corrected chi connectivity index (χ1v) is 6.59. The van der Waals surface area contributed by atoms with Crippen LogP contribution in [-0.2, 0) is 0 Å². The zero-order valence-electron chi connectivity index (χ0n) is 10.4. The van der Waals surface area contributed by atoms with Gasteiger partial charge in [-0.25, -0.2) is 0 Å². The number of hydrogen-bond acceptors (Lipinski definition) is 3. The molecular formula is C14H19N3O. The SMILES string of the molecule is NC(=O)c1ccc(NC2CC3CCC2C3)c(N)c1. The second kappa shape index (κ2) is 4.19. The Balaban J connectivity index is 1.75. The van der Waals surface area contributed by atoms with E-state index in [0.717, 1.165) is 17.5 Å². The van der Waals surface area contributed by atoms with Crippen LogP contribution in [0.15, 0.2) is 18.2 Å². The number of nitrogens with one attached hydrogen (secondary N) is 1. The van der Waals surface area contributed by atoms with Crippen molar-refractivity contribution in [3.8, 4) is 0 Å². The number of rotatable bonds is 3. The molecule has 2 fully saturated rings. The molecule has 3 atom stereocenters. The van der Waals surface area contributed by atoms with Gasteiger partial charge in [0.15, 0.2) is 0 Å². The van der Waals surface area contributed by atoms with Crippen molar-refractivity contribution in [2.45, 2.75) is 31.7 Å². The number of benzene rings is 1. The first-order valence-electron chi connectivity index (χ1n) is 6.59. The van der Waals surface area contributed by atoms with Crippen molar-refractivity contribution >= 4 is 17.3 Å². The smallest absolute Gasteiger partial charge is 0.248 e. The van der Waals surface area contributed by atoms with Crippen molar-refractivity contribution in [3.05, 3.63) is 23.8 Å². The minimum Gasteiger partial charge on any atom is -0.397 e. The average molecular weight is 245 g/mol. The van der Waals surface area contributed by atoms with Gasteiger partial charge in [0.1, 0.15) is 0 Å². The van der Waals surface area contributed by atoms with Crippen LogP contribution in [-0.4, -0.2) is 11.9 Å². The molecule has 1 aromatic carbocycles. The molecule has 4 heteroatoms. The highest BCUT2D eigenvalue weighted by atomic mass is 16.1. The zero-order chi connectivity index (χ0) is 12.7. The summed E-state index contributed by atoms with van der Waals surface area (Å²) in [6, 6.07) is 5.79. The van der Waals surface area contributed by atoms with Gasteiger partial charge in [-0.3, -0.25) is 4.79 Å². The molecule has 2 bridgehead atoms. The third-order valence-electron chi connectivity index (χ3n) is 4.42. The van der Waals surface area contributed by atoms with Crippen molar-refractivity contribution in [3.63, 3.8) is 0 Å². The first kappa shape index (κ1) is 11.4. The van der Waals surface area contributed by atoms with Gasteiger partial charge in [0.25, 0.3) is 0 Å². The van der Waals surface area contributed by atoms with E-state index in [1.165, 1.54) is 25.7 Å². The largest absolute Gasteiger partial charge is 0.397 e. The maximum absolute atomic E-state index is 11.1. The number of nitrogens with two attached hydrogens (primary N) is 2. The van der Waals surface area contributed by atoms with E-state index in [1.54, 1.807) is 12.1 Å². The number of amides is 1. The Morgan fingerprint density at radius 3 is 2.67 bits per heavy atom. The molecule has 96 valence electrons. The van der Waals surface area contributed by atoms with Crippen LogP contribution in [0.4, 0.5) is 11.4 Å². The van der Waals surface area contributed by atoms with Crippen molar-refractivity contribution in [1.29, 1.82) is 0 Å². The minimum absolute atomic E-state index is 0.437. The molecule has 0 heterocycles. The topological polar surface area (TPSA) is 81.1 Å². The molecule has 0 spiro atoms. The lowest BCUT2D eigenvalue weighted by molar-refractivity contribution is 0.100. The lowest BCUT2D eigenvalue weighted by Gasteiger charge is -2.24. The quantitative estimate of drug-likeness (QED) is 0.712. The average Bonchev–Trinajstić information content (AvgIpc) is 2.93. The number of primary amides is 1. The Morgan fingerprint density at radius 2 is 2.11 bits per heavy atom. The highest BCUT2D eigenvalue weighted by Crippen LogP contribution is 2.45. The molecule has 1 amide bonds. The summed E-state index contributed by atoms with van der Waals surface area (Å²) in [6.07, 6.45) is 5.33. The van der Waals surface area contributed by atoms with Crippen molar-refractivity contribution in [2.24, 2.45) is 17.6 Å². The molecule has 5 N–H and O–H groups in total. The van der Waals surface area contributed by atoms with Crippen LogP contribution in [0.3, 0.4) is 0 Å². The van der Waals surface area contributed by atoms with Crippen LogP contribution < -0.4 is 16.8 Å². The fraction of sp³-hybridized carbons (Fsp3) is 0.500. The Labute approximate surface area is 107 Å². The number of carbonyl (C=O) groups excluding carboxylic acids is 1. The molecule has 0 aromatic heterocycles. The maximum Gasteiger partial charge on any atom is 0.248 e. The Kier molecular flexibility index (Phi) is 2.65. The molecule has 3 rings (SSSR count). The molecular weight excluding hydrogens is 226 g/mol. The molecule has 2 aliphatic rings. The Hall–Kier alpha value is -1.71. The van der Waals surface area contributed by atoms with Crippen LogP contribution >= 0.6 is 0 Å². The van der Waals surface area contributed by atoms with Crippen LogP contribution in [0.25, 0.3) is 0 Å². The second-order valence-corrected chi connectivity index (χ2v) is 5.59. The summed E-state index contributed by atoms with van der Waals surface area (Å²) in [6.45, 7) is 0. The van der Waals surface area contributed by atoms with Gasteiger partial charge in [-0.1, -0.05) is 6.42 Å². The first-order chi connectivity index (χ1) is 8.63. The molecule has 2 aliphatic carbocycles. The van der Waals surface area contributed by atoms with E-state index in [2.05, 4.69) is 5.32 Å². The lowest BCUT2D eigenvalue weighted by Crippen LogP contribution is -2.26. The van der Waals surface area contributed by atoms with Gasteiger partial charge in [-0.15, -0.1) is 0 Å². The summed E-state index contributed by atoms with van der Waals surface area (Å²) in [4.78, 5) is 11.1. The van der Waals surface area contributed by atoms with Crippen molar-refractivity contribution < 1.29 is 4.79 Å². The summed E-state index contributed by atoms with van der Waals surface area (Å²) < 4.78 is 0. The van der Waals surface area contributed by atoms with E-state index in [-0.39, 0.29) is 0 Å². The van der Waals surface area contributed by atoms with Crippen LogP contribution in [0.1, 0.15) is 36.0 Å². The molecule has 2 saturated carbocycles. The summed E-state index contributed by atoms with van der Waals surface area (Å²) in [7, 11) is 0. The maximum atomic E-state index is 11.1. The highest BCUT2D eigenvalue weighted by molar-refractivity contribution is 5.94. The standard InChI is InChI=1S/C14H19N3O/c15-11-7-10(14(16)18)3-4-12(11)17-13-6-8-1-2-9(13)5-8/h3-4,7-9,13,17H,1-2,5-6,15H2,(H2,16,18). The van der Waals surface area contributed by atoms with Gasteiger partial charge in [0.05, 0.1) is 11.4 Å². The van der Waals surface area contributed by atoms with Crippen molar-refractivity contribution in [1.82, 2.24) is 0 Å². The van der Waals surface area contributed by atoms with E-state index < -0.39 is 5.91 Å². The third-order valence-corrected chi connectivity index (χ3v) is 4.42. The van der Waals surface area contributed by atoms with Gasteiger partial charge < -0.3 is 16.8 Å². The molecule has 1 aromatic rings. The van der Waals surface area contributed by atoms with Gasteiger partial charge >= 0.3 is 0 Å². The van der Waals surface area contributed by atoms with Gasteiger partial charge in [-0.2, -0.15) is 0 Å². The number of hydrogen-bond donors (Lipinski definition) is 3. The molecule has 18 heavy (non-hydrogen) atoms. The van der Waals surface area contributed by atoms with Gasteiger partial charge in [-0.05, 0) is 49.3 Å². The number of nitrogen functional groups attached to an aromatic ring is 1. The second-order valence-electron chi connectivity index (χ2n) is 5.59. The molecule has 0 aliphatic heterocycles. The fourth-order valence-corrected chi connectivity index (χ4v) is 3.47. The van der Waals surface area contributed by atoms with E-state index in [0.29, 0.717) is 17.3 Å². The van der Waals surface area contributed by atoms with Crippen molar-refractivity contribution in [2.75, 3.05) is 11.1 Å². The summed E-state index contributed by atoms with van der Waals surface area (Å²) >= 11 is 0.